The first-order chi connectivity index (χ1) is 15.2. The smallest absolute Gasteiger partial charge is 0.249 e. The van der Waals surface area contributed by atoms with Gasteiger partial charge in [-0.05, 0) is 30.7 Å². The zero-order valence-corrected chi connectivity index (χ0v) is 17.2. The third-order valence-electron chi connectivity index (χ3n) is 4.90. The van der Waals surface area contributed by atoms with Crippen molar-refractivity contribution in [3.63, 3.8) is 0 Å². The van der Waals surface area contributed by atoms with E-state index in [1.54, 1.807) is 36.5 Å². The van der Waals surface area contributed by atoms with Gasteiger partial charge in [-0.3, -0.25) is 24.5 Å². The number of benzene rings is 1. The summed E-state index contributed by atoms with van der Waals surface area (Å²) in [5.41, 5.74) is 1.60. The van der Waals surface area contributed by atoms with Crippen LogP contribution in [0.2, 0.25) is 0 Å². The Kier molecular flexibility index (Phi) is 6.54. The predicted octanol–water partition coefficient (Wildman–Crippen LogP) is 2.35. The first-order valence-corrected chi connectivity index (χ1v) is 10.2. The van der Waals surface area contributed by atoms with E-state index < -0.39 is 11.9 Å². The SMILES string of the molecule is O=C(N[C@H]1CCOC1)C(c1cnccn1)N(C(=O)CCl)c1ccc(-c2ccno2)cc1. The lowest BCUT2D eigenvalue weighted by Gasteiger charge is -2.31. The van der Waals surface area contributed by atoms with E-state index in [0.29, 0.717) is 36.8 Å². The summed E-state index contributed by atoms with van der Waals surface area (Å²) in [6.45, 7) is 1.00. The Labute approximate surface area is 183 Å². The highest BCUT2D eigenvalue weighted by atomic mass is 35.5. The quantitative estimate of drug-likeness (QED) is 0.560. The largest absolute Gasteiger partial charge is 0.379 e. The second kappa shape index (κ2) is 9.67. The average molecular weight is 442 g/mol. The van der Waals surface area contributed by atoms with Crippen molar-refractivity contribution in [1.29, 1.82) is 0 Å². The highest BCUT2D eigenvalue weighted by Crippen LogP contribution is 2.30. The third-order valence-corrected chi connectivity index (χ3v) is 5.13. The molecule has 3 aromatic rings. The van der Waals surface area contributed by atoms with E-state index in [1.165, 1.54) is 23.5 Å². The molecule has 4 rings (SSSR count). The molecule has 1 aromatic carbocycles. The number of amides is 2. The molecule has 10 heteroatoms. The van der Waals surface area contributed by atoms with Gasteiger partial charge in [0.15, 0.2) is 11.8 Å². The number of carbonyl (C=O) groups excluding carboxylic acids is 2. The van der Waals surface area contributed by atoms with Gasteiger partial charge in [0.2, 0.25) is 11.8 Å². The van der Waals surface area contributed by atoms with Crippen LogP contribution in [0.4, 0.5) is 5.69 Å². The predicted molar refractivity (Wildman–Crippen MR) is 112 cm³/mol. The Morgan fingerprint density at radius 2 is 2.03 bits per heavy atom. The van der Waals surface area contributed by atoms with E-state index in [-0.39, 0.29) is 17.8 Å². The van der Waals surface area contributed by atoms with Crippen molar-refractivity contribution in [1.82, 2.24) is 20.4 Å². The van der Waals surface area contributed by atoms with Crippen molar-refractivity contribution in [2.75, 3.05) is 24.0 Å². The minimum atomic E-state index is -1.04. The monoisotopic (exact) mass is 441 g/mol. The molecule has 2 amide bonds. The van der Waals surface area contributed by atoms with E-state index in [4.69, 9.17) is 20.9 Å². The van der Waals surface area contributed by atoms with Gasteiger partial charge in [0.25, 0.3) is 0 Å². The maximum atomic E-state index is 13.3. The summed E-state index contributed by atoms with van der Waals surface area (Å²) in [4.78, 5) is 35.9. The molecule has 2 aromatic heterocycles. The van der Waals surface area contributed by atoms with Crippen molar-refractivity contribution in [3.8, 4) is 11.3 Å². The number of ether oxygens (including phenoxy) is 1. The summed E-state index contributed by atoms with van der Waals surface area (Å²) in [7, 11) is 0. The standard InChI is InChI=1S/C21H20ClN5O4/c22-11-19(28)27(16-3-1-14(2-4-16)18-5-7-25-31-18)20(17-12-23-8-9-24-17)21(29)26-15-6-10-30-13-15/h1-5,7-9,12,15,20H,6,10-11,13H2,(H,26,29)/t15-,20?/m0/s1. The zero-order valence-electron chi connectivity index (χ0n) is 16.5. The fourth-order valence-electron chi connectivity index (χ4n) is 3.42. The number of nitrogens with zero attached hydrogens (tertiary/aromatic N) is 4. The molecule has 3 heterocycles. The molecule has 0 radical (unpaired) electrons. The third kappa shape index (κ3) is 4.73. The van der Waals surface area contributed by atoms with Crippen LogP contribution in [0.3, 0.4) is 0 Å². The summed E-state index contributed by atoms with van der Waals surface area (Å²) in [5.74, 6) is -0.539. The molecular weight excluding hydrogens is 422 g/mol. The first-order valence-electron chi connectivity index (χ1n) is 9.70. The zero-order chi connectivity index (χ0) is 21.6. The number of rotatable bonds is 7. The van der Waals surface area contributed by atoms with E-state index in [0.717, 1.165) is 5.56 Å². The van der Waals surface area contributed by atoms with Gasteiger partial charge in [-0.25, -0.2) is 0 Å². The molecule has 1 N–H and O–H groups in total. The van der Waals surface area contributed by atoms with Crippen molar-refractivity contribution in [2.24, 2.45) is 0 Å². The lowest BCUT2D eigenvalue weighted by atomic mass is 10.1. The van der Waals surface area contributed by atoms with Crippen LogP contribution >= 0.6 is 11.6 Å². The maximum absolute atomic E-state index is 13.3. The number of alkyl halides is 1. The highest BCUT2D eigenvalue weighted by molar-refractivity contribution is 6.29. The van der Waals surface area contributed by atoms with Crippen molar-refractivity contribution in [2.45, 2.75) is 18.5 Å². The number of hydrogen-bond donors (Lipinski definition) is 1. The van der Waals surface area contributed by atoms with Gasteiger partial charge in [0.05, 0.1) is 30.7 Å². The van der Waals surface area contributed by atoms with E-state index in [2.05, 4.69) is 20.4 Å². The van der Waals surface area contributed by atoms with Crippen LogP contribution in [0, 0.1) is 0 Å². The van der Waals surface area contributed by atoms with Crippen LogP contribution < -0.4 is 10.2 Å². The lowest BCUT2D eigenvalue weighted by molar-refractivity contribution is -0.126. The molecule has 31 heavy (non-hydrogen) atoms. The molecule has 9 nitrogen and oxygen atoms in total. The molecule has 0 bridgehead atoms. The highest BCUT2D eigenvalue weighted by Gasteiger charge is 2.35. The number of nitrogens with one attached hydrogen (secondary N) is 1. The number of aromatic nitrogens is 3. The topological polar surface area (TPSA) is 110 Å². The molecule has 1 saturated heterocycles. The molecular formula is C21H20ClN5O4. The number of anilines is 1. The van der Waals surface area contributed by atoms with E-state index in [9.17, 15) is 9.59 Å². The van der Waals surface area contributed by atoms with Gasteiger partial charge < -0.3 is 14.6 Å². The minimum Gasteiger partial charge on any atom is -0.379 e. The number of halogens is 1. The fraction of sp³-hybridized carbons (Fsp3) is 0.286. The van der Waals surface area contributed by atoms with Crippen LogP contribution in [0.5, 0.6) is 0 Å². The van der Waals surface area contributed by atoms with Gasteiger partial charge in [-0.2, -0.15) is 0 Å². The van der Waals surface area contributed by atoms with Crippen LogP contribution in [0.1, 0.15) is 18.2 Å². The summed E-state index contributed by atoms with van der Waals surface area (Å²) in [5, 5.41) is 6.65. The van der Waals surface area contributed by atoms with Gasteiger partial charge >= 0.3 is 0 Å². The molecule has 1 fully saturated rings. The summed E-state index contributed by atoms with van der Waals surface area (Å²) in [6, 6.07) is 7.55. The molecule has 160 valence electrons. The Morgan fingerprint density at radius 1 is 1.19 bits per heavy atom. The Hall–Kier alpha value is -3.30. The van der Waals surface area contributed by atoms with Gasteiger partial charge in [0, 0.05) is 36.3 Å². The van der Waals surface area contributed by atoms with Gasteiger partial charge in [0.1, 0.15) is 5.88 Å². The van der Waals surface area contributed by atoms with E-state index >= 15 is 0 Å². The van der Waals surface area contributed by atoms with Gasteiger partial charge in [-0.15, -0.1) is 11.6 Å². The summed E-state index contributed by atoms with van der Waals surface area (Å²) in [6.07, 6.45) is 6.70. The second-order valence-corrected chi connectivity index (χ2v) is 7.19. The maximum Gasteiger partial charge on any atom is 0.249 e. The minimum absolute atomic E-state index is 0.131. The molecule has 1 unspecified atom stereocenters. The Bertz CT molecular complexity index is 1010. The summed E-state index contributed by atoms with van der Waals surface area (Å²) < 4.78 is 10.5. The Morgan fingerprint density at radius 3 is 2.65 bits per heavy atom. The molecule has 0 aliphatic carbocycles. The molecule has 1 aliphatic heterocycles. The molecule has 2 atom stereocenters. The van der Waals surface area contributed by atoms with Crippen LogP contribution in [-0.4, -0.2) is 52.1 Å². The first kappa shape index (κ1) is 21.0. The number of hydrogen-bond acceptors (Lipinski definition) is 7. The second-order valence-electron chi connectivity index (χ2n) is 6.92. The van der Waals surface area contributed by atoms with Gasteiger partial charge in [-0.1, -0.05) is 5.16 Å². The fourth-order valence-corrected chi connectivity index (χ4v) is 3.55. The lowest BCUT2D eigenvalue weighted by Crippen LogP contribution is -2.47. The summed E-state index contributed by atoms with van der Waals surface area (Å²) >= 11 is 5.91. The van der Waals surface area contributed by atoms with Crippen LogP contribution in [0.25, 0.3) is 11.3 Å². The van der Waals surface area contributed by atoms with Crippen molar-refractivity contribution in [3.05, 3.63) is 60.8 Å². The molecule has 0 spiro atoms. The number of carbonyl (C=O) groups is 2. The van der Waals surface area contributed by atoms with E-state index in [1.807, 2.05) is 0 Å². The van der Waals surface area contributed by atoms with Crippen molar-refractivity contribution < 1.29 is 18.8 Å². The molecule has 1 aliphatic rings. The van der Waals surface area contributed by atoms with Crippen LogP contribution in [-0.2, 0) is 14.3 Å². The Balaban J connectivity index is 1.70. The van der Waals surface area contributed by atoms with Crippen LogP contribution in [0.15, 0.2) is 59.6 Å². The average Bonchev–Trinajstić information content (AvgIpc) is 3.52. The molecule has 0 saturated carbocycles. The van der Waals surface area contributed by atoms with Crippen molar-refractivity contribution >= 4 is 29.1 Å². The normalized spacial score (nSPS) is 16.6.